The highest BCUT2D eigenvalue weighted by Crippen LogP contribution is 2.26. The van der Waals surface area contributed by atoms with E-state index in [1.807, 2.05) is 0 Å². The number of halogens is 3. The molecule has 1 atom stereocenters. The second kappa shape index (κ2) is 7.21. The summed E-state index contributed by atoms with van der Waals surface area (Å²) in [5, 5.41) is 0. The number of carbonyl (C=O) groups is 1. The van der Waals surface area contributed by atoms with Crippen molar-refractivity contribution in [1.29, 1.82) is 0 Å². The first-order chi connectivity index (χ1) is 9.85. The lowest BCUT2D eigenvalue weighted by Gasteiger charge is -2.27. The van der Waals surface area contributed by atoms with Crippen LogP contribution in [-0.2, 0) is 16.8 Å². The summed E-state index contributed by atoms with van der Waals surface area (Å²) < 4.78 is 21.0. The van der Waals surface area contributed by atoms with Crippen LogP contribution in [0.4, 0.5) is 4.39 Å². The monoisotopic (exact) mass is 391 g/mol. The average molecular weight is 393 g/mol. The van der Waals surface area contributed by atoms with E-state index in [-0.39, 0.29) is 24.6 Å². The van der Waals surface area contributed by atoms with Gasteiger partial charge in [0.05, 0.1) is 25.2 Å². The topological polar surface area (TPSA) is 70.1 Å². The molecule has 0 saturated heterocycles. The third-order valence-corrected chi connectivity index (χ3v) is 3.64. The van der Waals surface area contributed by atoms with Crippen LogP contribution in [0.3, 0.4) is 0 Å². The molecule has 8 heteroatoms. The number of imidazole rings is 1. The minimum Gasteiger partial charge on any atom is -0.464 e. The number of methoxy groups -OCH3 is 1. The van der Waals surface area contributed by atoms with Crippen molar-refractivity contribution in [3.8, 4) is 0 Å². The molecule has 0 aliphatic heterocycles. The van der Waals surface area contributed by atoms with Crippen molar-refractivity contribution in [2.45, 2.75) is 19.0 Å². The molecule has 0 bridgehead atoms. The van der Waals surface area contributed by atoms with Gasteiger partial charge in [-0.15, -0.1) is 12.4 Å². The van der Waals surface area contributed by atoms with Gasteiger partial charge in [0, 0.05) is 16.6 Å². The van der Waals surface area contributed by atoms with Crippen molar-refractivity contribution in [1.82, 2.24) is 9.55 Å². The van der Waals surface area contributed by atoms with E-state index in [2.05, 4.69) is 25.7 Å². The number of hydrogen-bond acceptors (Lipinski definition) is 4. The Kier molecular flexibility index (Phi) is 6.10. The molecule has 2 rings (SSSR count). The maximum atomic E-state index is 14.0. The molecule has 0 unspecified atom stereocenters. The number of rotatable bonds is 4. The zero-order valence-corrected chi connectivity index (χ0v) is 14.4. The molecule has 1 heterocycles. The third-order valence-electron chi connectivity index (χ3n) is 3.15. The van der Waals surface area contributed by atoms with Crippen molar-refractivity contribution >= 4 is 34.3 Å². The van der Waals surface area contributed by atoms with Crippen LogP contribution in [0, 0.1) is 5.82 Å². The van der Waals surface area contributed by atoms with Gasteiger partial charge in [-0.25, -0.2) is 14.2 Å². The highest BCUT2D eigenvalue weighted by atomic mass is 79.9. The Morgan fingerprint density at radius 2 is 2.23 bits per heavy atom. The van der Waals surface area contributed by atoms with E-state index in [1.165, 1.54) is 25.7 Å². The lowest BCUT2D eigenvalue weighted by Crippen LogP contribution is -2.39. The largest absolute Gasteiger partial charge is 0.464 e. The SMILES string of the molecule is COC(=O)c1cncn1C[C@](C)(N)c1cc(Br)ccc1F.Cl. The molecular weight excluding hydrogens is 377 g/mol. The van der Waals surface area contributed by atoms with Gasteiger partial charge in [-0.05, 0) is 25.1 Å². The summed E-state index contributed by atoms with van der Waals surface area (Å²) in [5.41, 5.74) is 5.85. The van der Waals surface area contributed by atoms with E-state index in [0.717, 1.165) is 4.47 Å². The molecule has 2 aromatic rings. The first-order valence-electron chi connectivity index (χ1n) is 6.18. The summed E-state index contributed by atoms with van der Waals surface area (Å²) in [4.78, 5) is 15.5. The van der Waals surface area contributed by atoms with Crippen LogP contribution in [0.2, 0.25) is 0 Å². The standard InChI is InChI=1S/C14H15BrFN3O2.ClH/c1-14(17,10-5-9(15)3-4-11(10)16)7-19-8-18-6-12(19)13(20)21-2;/h3-6,8H,7,17H2,1-2H3;1H/t14-;/m0./s1. The lowest BCUT2D eigenvalue weighted by molar-refractivity contribution is 0.0587. The number of aromatic nitrogens is 2. The van der Waals surface area contributed by atoms with Crippen LogP contribution in [0.5, 0.6) is 0 Å². The molecule has 2 N–H and O–H groups in total. The molecule has 0 fully saturated rings. The fourth-order valence-electron chi connectivity index (χ4n) is 2.10. The Morgan fingerprint density at radius 1 is 1.55 bits per heavy atom. The number of hydrogen-bond donors (Lipinski definition) is 1. The number of esters is 1. The molecule has 5 nitrogen and oxygen atoms in total. The van der Waals surface area contributed by atoms with Gasteiger partial charge < -0.3 is 15.0 Å². The summed E-state index contributed by atoms with van der Waals surface area (Å²) >= 11 is 3.30. The van der Waals surface area contributed by atoms with E-state index in [0.29, 0.717) is 5.56 Å². The molecule has 0 aliphatic rings. The van der Waals surface area contributed by atoms with Gasteiger partial charge >= 0.3 is 5.97 Å². The van der Waals surface area contributed by atoms with Crippen molar-refractivity contribution in [2.75, 3.05) is 7.11 Å². The Bertz CT molecular complexity index is 676. The molecule has 1 aromatic carbocycles. The molecule has 1 aromatic heterocycles. The van der Waals surface area contributed by atoms with Crippen LogP contribution < -0.4 is 5.73 Å². The maximum absolute atomic E-state index is 14.0. The molecule has 120 valence electrons. The van der Waals surface area contributed by atoms with Crippen molar-refractivity contribution in [3.05, 3.63) is 52.3 Å². The van der Waals surface area contributed by atoms with Crippen molar-refractivity contribution < 1.29 is 13.9 Å². The number of carbonyl (C=O) groups excluding carboxylic acids is 1. The van der Waals surface area contributed by atoms with Gasteiger partial charge in [0.1, 0.15) is 11.5 Å². The molecule has 0 aliphatic carbocycles. The second-order valence-electron chi connectivity index (χ2n) is 4.94. The number of benzene rings is 1. The minimum absolute atomic E-state index is 0. The van der Waals surface area contributed by atoms with Crippen LogP contribution >= 0.6 is 28.3 Å². The second-order valence-corrected chi connectivity index (χ2v) is 5.86. The van der Waals surface area contributed by atoms with E-state index >= 15 is 0 Å². The third kappa shape index (κ3) is 3.85. The molecule has 0 saturated carbocycles. The maximum Gasteiger partial charge on any atom is 0.356 e. The zero-order chi connectivity index (χ0) is 15.6. The van der Waals surface area contributed by atoms with Crippen LogP contribution in [0.15, 0.2) is 35.2 Å². The number of ether oxygens (including phenoxy) is 1. The summed E-state index contributed by atoms with van der Waals surface area (Å²) in [6.45, 7) is 1.88. The first-order valence-corrected chi connectivity index (χ1v) is 6.97. The normalized spacial score (nSPS) is 13.1. The van der Waals surface area contributed by atoms with Crippen LogP contribution in [-0.4, -0.2) is 22.6 Å². The Hall–Kier alpha value is -1.44. The highest BCUT2D eigenvalue weighted by molar-refractivity contribution is 9.10. The predicted octanol–water partition coefficient (Wildman–Crippen LogP) is 2.87. The van der Waals surface area contributed by atoms with Crippen LogP contribution in [0.25, 0.3) is 0 Å². The quantitative estimate of drug-likeness (QED) is 0.812. The van der Waals surface area contributed by atoms with E-state index < -0.39 is 17.3 Å². The van der Waals surface area contributed by atoms with Crippen molar-refractivity contribution in [2.24, 2.45) is 5.73 Å². The highest BCUT2D eigenvalue weighted by Gasteiger charge is 2.27. The number of nitrogens with zero attached hydrogens (tertiary/aromatic N) is 2. The van der Waals surface area contributed by atoms with Gasteiger partial charge in [0.25, 0.3) is 0 Å². The smallest absolute Gasteiger partial charge is 0.356 e. The molecular formula is C14H16BrClFN3O2. The number of nitrogens with two attached hydrogens (primary N) is 1. The summed E-state index contributed by atoms with van der Waals surface area (Å²) in [6, 6.07) is 4.58. The summed E-state index contributed by atoms with van der Waals surface area (Å²) in [7, 11) is 1.29. The van der Waals surface area contributed by atoms with Crippen LogP contribution in [0.1, 0.15) is 23.0 Å². The minimum atomic E-state index is -1.02. The summed E-state index contributed by atoms with van der Waals surface area (Å²) in [5.74, 6) is -0.916. The van der Waals surface area contributed by atoms with E-state index in [9.17, 15) is 9.18 Å². The fraction of sp³-hybridized carbons (Fsp3) is 0.286. The van der Waals surface area contributed by atoms with Gasteiger partial charge in [0.2, 0.25) is 0 Å². The fourth-order valence-corrected chi connectivity index (χ4v) is 2.46. The molecule has 22 heavy (non-hydrogen) atoms. The molecule has 0 amide bonds. The predicted molar refractivity (Wildman–Crippen MR) is 86.5 cm³/mol. The van der Waals surface area contributed by atoms with Gasteiger partial charge in [-0.1, -0.05) is 15.9 Å². The molecule has 0 radical (unpaired) electrons. The van der Waals surface area contributed by atoms with Gasteiger partial charge in [-0.3, -0.25) is 0 Å². The van der Waals surface area contributed by atoms with Gasteiger partial charge in [0.15, 0.2) is 0 Å². The first kappa shape index (κ1) is 18.6. The molecule has 0 spiro atoms. The van der Waals surface area contributed by atoms with Crippen molar-refractivity contribution in [3.63, 3.8) is 0 Å². The Labute approximate surface area is 142 Å². The lowest BCUT2D eigenvalue weighted by atomic mass is 9.92. The summed E-state index contributed by atoms with van der Waals surface area (Å²) in [6.07, 6.45) is 2.85. The Morgan fingerprint density at radius 3 is 2.86 bits per heavy atom. The van der Waals surface area contributed by atoms with E-state index in [4.69, 9.17) is 5.73 Å². The van der Waals surface area contributed by atoms with E-state index in [1.54, 1.807) is 23.6 Å². The van der Waals surface area contributed by atoms with Gasteiger partial charge in [-0.2, -0.15) is 0 Å². The average Bonchev–Trinajstić information content (AvgIpc) is 2.87. The zero-order valence-electron chi connectivity index (χ0n) is 12.0. The Balaban J connectivity index is 0.00000242.